The number of hydrogen-bond donors (Lipinski definition) is 0. The van der Waals surface area contributed by atoms with Crippen LogP contribution in [0.4, 0.5) is 0 Å². The van der Waals surface area contributed by atoms with Gasteiger partial charge in [0.15, 0.2) is 0 Å². The Balaban J connectivity index is 2.32. The lowest BCUT2D eigenvalue weighted by Gasteiger charge is -2.06. The molecule has 0 saturated carbocycles. The van der Waals surface area contributed by atoms with E-state index < -0.39 is 0 Å². The second-order valence-electron chi connectivity index (χ2n) is 3.96. The molecule has 5 heteroatoms. The molecule has 0 radical (unpaired) electrons. The molecule has 4 nitrogen and oxygen atoms in total. The molecule has 0 aromatic carbocycles. The molecule has 0 unspecified atom stereocenters. The van der Waals surface area contributed by atoms with Gasteiger partial charge in [-0.05, 0) is 20.3 Å². The number of ether oxygens (including phenoxy) is 2. The molecule has 17 heavy (non-hydrogen) atoms. The minimum absolute atomic E-state index is 0.530. The van der Waals surface area contributed by atoms with Crippen LogP contribution in [0.25, 0.3) is 0 Å². The topological polar surface area (TPSA) is 36.3 Å². The van der Waals surface area contributed by atoms with E-state index in [0.717, 1.165) is 36.5 Å². The van der Waals surface area contributed by atoms with Gasteiger partial charge in [0.25, 0.3) is 0 Å². The van der Waals surface area contributed by atoms with Crippen molar-refractivity contribution in [2.24, 2.45) is 0 Å². The van der Waals surface area contributed by atoms with Crippen molar-refractivity contribution < 1.29 is 9.47 Å². The molecule has 1 heterocycles. The Morgan fingerprint density at radius 1 is 1.24 bits per heavy atom. The summed E-state index contributed by atoms with van der Waals surface area (Å²) < 4.78 is 12.3. The smallest absolute Gasteiger partial charge is 0.0700 e. The predicted molar refractivity (Wildman–Crippen MR) is 68.6 cm³/mol. The molecule has 0 aliphatic heterocycles. The maximum Gasteiger partial charge on any atom is 0.0700 e. The molecule has 1 aromatic heterocycles. The van der Waals surface area contributed by atoms with E-state index in [1.165, 1.54) is 0 Å². The predicted octanol–water partition coefficient (Wildman–Crippen LogP) is 2.29. The highest BCUT2D eigenvalue weighted by molar-refractivity contribution is 6.17. The van der Waals surface area contributed by atoms with Crippen LogP contribution in [0.15, 0.2) is 0 Å². The fraction of sp³-hybridized carbons (Fsp3) is 0.750. The van der Waals surface area contributed by atoms with E-state index in [9.17, 15) is 0 Å². The van der Waals surface area contributed by atoms with Crippen molar-refractivity contribution in [3.8, 4) is 0 Å². The zero-order valence-electron chi connectivity index (χ0n) is 10.8. The quantitative estimate of drug-likeness (QED) is 0.532. The zero-order valence-corrected chi connectivity index (χ0v) is 11.6. The lowest BCUT2D eigenvalue weighted by atomic mass is 10.2. The third-order valence-electron chi connectivity index (χ3n) is 2.76. The van der Waals surface area contributed by atoms with Crippen molar-refractivity contribution in [1.29, 1.82) is 0 Å². The maximum absolute atomic E-state index is 5.88. The molecule has 98 valence electrons. The first-order valence-corrected chi connectivity index (χ1v) is 6.39. The standard InChI is InChI=1S/C12H21ClN2O2/c1-10-12(9-13)11(2)15(14-10)5-4-6-17-8-7-16-3/h4-9H2,1-3H3. The van der Waals surface area contributed by atoms with Crippen LogP contribution in [-0.4, -0.2) is 36.7 Å². The van der Waals surface area contributed by atoms with Crippen LogP contribution in [-0.2, 0) is 21.9 Å². The number of aryl methyl sites for hydroxylation is 2. The van der Waals surface area contributed by atoms with Gasteiger partial charge in [0.1, 0.15) is 0 Å². The lowest BCUT2D eigenvalue weighted by Crippen LogP contribution is -2.08. The molecule has 0 saturated heterocycles. The summed E-state index contributed by atoms with van der Waals surface area (Å²) in [7, 11) is 1.67. The van der Waals surface area contributed by atoms with Crippen molar-refractivity contribution in [3.05, 3.63) is 17.0 Å². The Kier molecular flexibility index (Phi) is 6.55. The summed E-state index contributed by atoms with van der Waals surface area (Å²) in [5.74, 6) is 0.530. The summed E-state index contributed by atoms with van der Waals surface area (Å²) in [6.45, 7) is 6.96. The van der Waals surface area contributed by atoms with Gasteiger partial charge in [-0.2, -0.15) is 5.10 Å². The lowest BCUT2D eigenvalue weighted by molar-refractivity contribution is 0.0676. The molecule has 0 fully saturated rings. The molecule has 0 N–H and O–H groups in total. The second-order valence-corrected chi connectivity index (χ2v) is 4.23. The van der Waals surface area contributed by atoms with Gasteiger partial charge in [-0.15, -0.1) is 11.6 Å². The fourth-order valence-corrected chi connectivity index (χ4v) is 2.09. The number of halogens is 1. The molecule has 0 aliphatic rings. The van der Waals surface area contributed by atoms with Gasteiger partial charge in [-0.25, -0.2) is 0 Å². The number of aromatic nitrogens is 2. The summed E-state index contributed by atoms with van der Waals surface area (Å²) in [6.07, 6.45) is 0.952. The molecule has 0 spiro atoms. The van der Waals surface area contributed by atoms with Crippen LogP contribution >= 0.6 is 11.6 Å². The molecule has 0 bridgehead atoms. The van der Waals surface area contributed by atoms with Crippen LogP contribution in [0.1, 0.15) is 23.4 Å². The van der Waals surface area contributed by atoms with Crippen LogP contribution in [0.3, 0.4) is 0 Å². The number of methoxy groups -OCH3 is 1. The Hall–Kier alpha value is -0.580. The average molecular weight is 261 g/mol. The third-order valence-corrected chi connectivity index (χ3v) is 3.02. The van der Waals surface area contributed by atoms with E-state index in [4.69, 9.17) is 21.1 Å². The molecule has 0 amide bonds. The highest BCUT2D eigenvalue weighted by atomic mass is 35.5. The van der Waals surface area contributed by atoms with E-state index in [1.54, 1.807) is 7.11 Å². The molecular weight excluding hydrogens is 240 g/mol. The van der Waals surface area contributed by atoms with E-state index in [-0.39, 0.29) is 0 Å². The highest BCUT2D eigenvalue weighted by Gasteiger charge is 2.09. The molecule has 1 aromatic rings. The van der Waals surface area contributed by atoms with Gasteiger partial charge in [-0.1, -0.05) is 0 Å². The summed E-state index contributed by atoms with van der Waals surface area (Å²) in [5, 5.41) is 4.47. The molecule has 0 aliphatic carbocycles. The van der Waals surface area contributed by atoms with Crippen molar-refractivity contribution in [3.63, 3.8) is 0 Å². The van der Waals surface area contributed by atoms with Crippen LogP contribution in [0, 0.1) is 13.8 Å². The zero-order chi connectivity index (χ0) is 12.7. The van der Waals surface area contributed by atoms with E-state index in [1.807, 2.05) is 11.6 Å². The van der Waals surface area contributed by atoms with Crippen molar-refractivity contribution in [2.75, 3.05) is 26.9 Å². The Morgan fingerprint density at radius 3 is 2.59 bits per heavy atom. The van der Waals surface area contributed by atoms with Crippen LogP contribution in [0.2, 0.25) is 0 Å². The number of nitrogens with zero attached hydrogens (tertiary/aromatic N) is 2. The van der Waals surface area contributed by atoms with Gasteiger partial charge < -0.3 is 9.47 Å². The highest BCUT2D eigenvalue weighted by Crippen LogP contribution is 2.15. The van der Waals surface area contributed by atoms with E-state index in [2.05, 4.69) is 12.0 Å². The average Bonchev–Trinajstić information content (AvgIpc) is 2.58. The Labute approximate surface area is 108 Å². The maximum atomic E-state index is 5.88. The Bertz CT molecular complexity index is 339. The summed E-state index contributed by atoms with van der Waals surface area (Å²) in [5.41, 5.74) is 3.33. The van der Waals surface area contributed by atoms with Gasteiger partial charge in [0.05, 0.1) is 24.8 Å². The summed E-state index contributed by atoms with van der Waals surface area (Å²) >= 11 is 5.88. The van der Waals surface area contributed by atoms with Crippen LogP contribution in [0.5, 0.6) is 0 Å². The minimum atomic E-state index is 0.530. The largest absolute Gasteiger partial charge is 0.382 e. The first kappa shape index (κ1) is 14.5. The van der Waals surface area contributed by atoms with Crippen molar-refractivity contribution in [1.82, 2.24) is 9.78 Å². The summed E-state index contributed by atoms with van der Waals surface area (Å²) in [6, 6.07) is 0. The Morgan fingerprint density at radius 2 is 2.00 bits per heavy atom. The van der Waals surface area contributed by atoms with Gasteiger partial charge in [0, 0.05) is 31.5 Å². The van der Waals surface area contributed by atoms with E-state index in [0.29, 0.717) is 19.1 Å². The third kappa shape index (κ3) is 4.30. The SMILES string of the molecule is COCCOCCCn1nc(C)c(CCl)c1C. The first-order chi connectivity index (χ1) is 8.20. The molecule has 1 rings (SSSR count). The van der Waals surface area contributed by atoms with Crippen molar-refractivity contribution >= 4 is 11.6 Å². The first-order valence-electron chi connectivity index (χ1n) is 5.86. The van der Waals surface area contributed by atoms with Gasteiger partial charge in [-0.3, -0.25) is 4.68 Å². The second kappa shape index (κ2) is 7.69. The summed E-state index contributed by atoms with van der Waals surface area (Å²) in [4.78, 5) is 0. The van der Waals surface area contributed by atoms with Crippen molar-refractivity contribution in [2.45, 2.75) is 32.7 Å². The van der Waals surface area contributed by atoms with E-state index >= 15 is 0 Å². The molecular formula is C12H21ClN2O2. The minimum Gasteiger partial charge on any atom is -0.382 e. The molecule has 0 atom stereocenters. The van der Waals surface area contributed by atoms with Gasteiger partial charge in [0.2, 0.25) is 0 Å². The fourth-order valence-electron chi connectivity index (χ4n) is 1.71. The van der Waals surface area contributed by atoms with Gasteiger partial charge >= 0.3 is 0 Å². The number of alkyl halides is 1. The normalized spacial score (nSPS) is 11.1. The monoisotopic (exact) mass is 260 g/mol. The number of rotatable bonds is 8. The van der Waals surface area contributed by atoms with Crippen LogP contribution < -0.4 is 0 Å². The number of hydrogen-bond acceptors (Lipinski definition) is 3.